The van der Waals surface area contributed by atoms with Crippen LogP contribution in [0.2, 0.25) is 5.15 Å². The summed E-state index contributed by atoms with van der Waals surface area (Å²) >= 11 is 7.76. The van der Waals surface area contributed by atoms with Gasteiger partial charge in [0.05, 0.1) is 23.1 Å². The molecule has 8 nitrogen and oxygen atoms in total. The summed E-state index contributed by atoms with van der Waals surface area (Å²) < 4.78 is 23.6. The van der Waals surface area contributed by atoms with E-state index in [1.54, 1.807) is 22.2 Å². The van der Waals surface area contributed by atoms with Crippen molar-refractivity contribution in [2.24, 2.45) is 0 Å². The summed E-state index contributed by atoms with van der Waals surface area (Å²) in [4.78, 5) is 23.5. The summed E-state index contributed by atoms with van der Waals surface area (Å²) in [5.74, 6) is 0.592. The van der Waals surface area contributed by atoms with E-state index in [0.29, 0.717) is 49.8 Å². The van der Waals surface area contributed by atoms with Crippen LogP contribution < -0.4 is 21.3 Å². The van der Waals surface area contributed by atoms with E-state index in [9.17, 15) is 9.18 Å². The molecule has 2 atom stereocenters. The third kappa shape index (κ3) is 4.83. The van der Waals surface area contributed by atoms with Crippen molar-refractivity contribution in [2.75, 3.05) is 5.73 Å². The molecule has 6 rings (SSSR count). The summed E-state index contributed by atoms with van der Waals surface area (Å²) in [5.41, 5.74) is 9.48. The van der Waals surface area contributed by atoms with Gasteiger partial charge >= 0.3 is 0 Å². The Morgan fingerprint density at radius 3 is 2.67 bits per heavy atom. The molecule has 0 radical (unpaired) electrons. The Labute approximate surface area is 252 Å². The van der Waals surface area contributed by atoms with E-state index in [2.05, 4.69) is 19.2 Å². The standard InChI is InChI=1S/C30H27ClFN6O2PS/c1-4-20(19-12-24-37(23(31)13-42-24)30(39)25(19)16-6-5-7-18(32)10-16)38-29-26(28(33)34-14-35-29)27(36-38)17-8-9-21(22(41)11-17)40-15(2)3/h5-15,20H,4,41H2,1-3H3,(H2,33,34,35)/t20-/m0/s1. The first kappa shape index (κ1) is 28.3. The minimum atomic E-state index is -0.452. The summed E-state index contributed by atoms with van der Waals surface area (Å²) in [6, 6.07) is 13.3. The number of ether oxygens (including phenoxy) is 1. The lowest BCUT2D eigenvalue weighted by molar-refractivity contribution is 0.244. The monoisotopic (exact) mass is 620 g/mol. The Morgan fingerprint density at radius 2 is 1.95 bits per heavy atom. The van der Waals surface area contributed by atoms with E-state index in [4.69, 9.17) is 27.2 Å². The van der Waals surface area contributed by atoms with Gasteiger partial charge in [-0.3, -0.25) is 9.20 Å². The van der Waals surface area contributed by atoms with Crippen LogP contribution in [0.15, 0.2) is 65.0 Å². The molecule has 2 N–H and O–H groups in total. The fourth-order valence-corrected chi connectivity index (χ4v) is 6.75. The number of nitrogens with two attached hydrogens (primary N) is 1. The molecule has 214 valence electrons. The van der Waals surface area contributed by atoms with Gasteiger partial charge < -0.3 is 10.5 Å². The lowest BCUT2D eigenvalue weighted by Gasteiger charge is -2.21. The zero-order valence-corrected chi connectivity index (χ0v) is 25.7. The lowest BCUT2D eigenvalue weighted by atomic mass is 9.95. The Morgan fingerprint density at radius 1 is 1.14 bits per heavy atom. The van der Waals surface area contributed by atoms with Crippen LogP contribution in [0.4, 0.5) is 10.2 Å². The molecule has 0 spiro atoms. The predicted octanol–water partition coefficient (Wildman–Crippen LogP) is 6.50. The van der Waals surface area contributed by atoms with Crippen molar-refractivity contribution in [2.45, 2.75) is 39.3 Å². The van der Waals surface area contributed by atoms with Crippen LogP contribution in [0.3, 0.4) is 0 Å². The van der Waals surface area contributed by atoms with E-state index in [1.165, 1.54) is 34.2 Å². The first-order valence-corrected chi connectivity index (χ1v) is 15.1. The molecule has 0 amide bonds. The second-order valence-corrected chi connectivity index (χ2v) is 12.0. The third-order valence-electron chi connectivity index (χ3n) is 7.01. The van der Waals surface area contributed by atoms with Gasteiger partial charge in [0, 0.05) is 16.2 Å². The van der Waals surface area contributed by atoms with Crippen LogP contribution in [0, 0.1) is 5.82 Å². The van der Waals surface area contributed by atoms with Crippen LogP contribution in [0.1, 0.15) is 38.8 Å². The van der Waals surface area contributed by atoms with Crippen molar-refractivity contribution in [3.8, 4) is 28.1 Å². The van der Waals surface area contributed by atoms with Gasteiger partial charge in [0.2, 0.25) is 0 Å². The highest BCUT2D eigenvalue weighted by Gasteiger charge is 2.27. The van der Waals surface area contributed by atoms with Crippen molar-refractivity contribution in [3.63, 3.8) is 0 Å². The molecule has 4 heterocycles. The number of hydrogen-bond acceptors (Lipinski definition) is 7. The van der Waals surface area contributed by atoms with E-state index < -0.39 is 11.9 Å². The zero-order chi connectivity index (χ0) is 29.7. The maximum absolute atomic E-state index is 14.4. The number of thiazole rings is 1. The minimum Gasteiger partial charge on any atom is -0.490 e. The summed E-state index contributed by atoms with van der Waals surface area (Å²) in [6.07, 6.45) is 1.97. The number of anilines is 1. The van der Waals surface area contributed by atoms with Crippen LogP contribution in [0.25, 0.3) is 38.2 Å². The van der Waals surface area contributed by atoms with Gasteiger partial charge in [0.25, 0.3) is 5.56 Å². The molecule has 0 aliphatic carbocycles. The number of nitrogen functional groups attached to an aromatic ring is 1. The maximum atomic E-state index is 14.4. The molecular weight excluding hydrogens is 594 g/mol. The van der Waals surface area contributed by atoms with Crippen molar-refractivity contribution in [3.05, 3.63) is 87.1 Å². The Balaban J connectivity index is 1.61. The number of nitrogens with zero attached hydrogens (tertiary/aromatic N) is 5. The fourth-order valence-electron chi connectivity index (χ4n) is 5.25. The quantitative estimate of drug-likeness (QED) is 0.205. The predicted molar refractivity (Wildman–Crippen MR) is 171 cm³/mol. The second-order valence-electron chi connectivity index (χ2n) is 10.1. The molecule has 0 saturated heterocycles. The summed E-state index contributed by atoms with van der Waals surface area (Å²) in [6.45, 7) is 5.95. The molecule has 0 aliphatic rings. The highest BCUT2D eigenvalue weighted by atomic mass is 35.5. The van der Waals surface area contributed by atoms with Gasteiger partial charge in [0.15, 0.2) is 5.65 Å². The normalized spacial score (nSPS) is 12.5. The molecule has 1 unspecified atom stereocenters. The minimum absolute atomic E-state index is 0.0245. The number of hydrogen-bond donors (Lipinski definition) is 1. The first-order chi connectivity index (χ1) is 20.2. The number of aromatic nitrogens is 5. The smallest absolute Gasteiger partial charge is 0.265 e. The molecule has 42 heavy (non-hydrogen) atoms. The van der Waals surface area contributed by atoms with Gasteiger partial charge in [-0.05, 0) is 67.8 Å². The fraction of sp³-hybridized carbons (Fsp3) is 0.200. The number of benzene rings is 2. The molecule has 4 aromatic heterocycles. The molecular formula is C30H27ClFN6O2PS. The van der Waals surface area contributed by atoms with Gasteiger partial charge in [-0.15, -0.1) is 20.6 Å². The largest absolute Gasteiger partial charge is 0.490 e. The van der Waals surface area contributed by atoms with Crippen molar-refractivity contribution in [1.29, 1.82) is 0 Å². The molecule has 12 heteroatoms. The van der Waals surface area contributed by atoms with E-state index >= 15 is 0 Å². The van der Waals surface area contributed by atoms with Gasteiger partial charge in [0.1, 0.15) is 39.4 Å². The van der Waals surface area contributed by atoms with Gasteiger partial charge in [-0.1, -0.05) is 30.7 Å². The first-order valence-electron chi connectivity index (χ1n) is 13.3. The summed E-state index contributed by atoms with van der Waals surface area (Å²) in [5, 5.41) is 8.52. The average Bonchev–Trinajstić information content (AvgIpc) is 3.52. The number of pyridine rings is 1. The third-order valence-corrected chi connectivity index (χ3v) is 8.76. The molecule has 0 fully saturated rings. The summed E-state index contributed by atoms with van der Waals surface area (Å²) in [7, 11) is 2.71. The number of halogens is 2. The Kier molecular flexibility index (Phi) is 7.47. The van der Waals surface area contributed by atoms with Crippen molar-refractivity contribution < 1.29 is 9.13 Å². The van der Waals surface area contributed by atoms with Crippen LogP contribution in [-0.2, 0) is 0 Å². The van der Waals surface area contributed by atoms with E-state index in [0.717, 1.165) is 16.6 Å². The highest BCUT2D eigenvalue weighted by Crippen LogP contribution is 2.38. The number of fused-ring (bicyclic) bond motifs is 2. The van der Waals surface area contributed by atoms with Crippen LogP contribution >= 0.6 is 32.2 Å². The SMILES string of the molecule is CC[C@@H](c1cc2scc(Cl)n2c(=O)c1-c1cccc(F)c1)n1nc(-c2ccc(OC(C)C)c(P)c2)c2c(N)ncnc21. The van der Waals surface area contributed by atoms with Crippen LogP contribution in [-0.4, -0.2) is 30.3 Å². The molecule has 6 aromatic rings. The molecule has 0 bridgehead atoms. The average molecular weight is 621 g/mol. The van der Waals surface area contributed by atoms with Gasteiger partial charge in [-0.2, -0.15) is 5.10 Å². The molecule has 2 aromatic carbocycles. The van der Waals surface area contributed by atoms with Gasteiger partial charge in [-0.25, -0.2) is 19.0 Å². The molecule has 0 aliphatic heterocycles. The number of rotatable bonds is 7. The second kappa shape index (κ2) is 11.1. The molecule has 0 saturated carbocycles. The van der Waals surface area contributed by atoms with E-state index in [1.807, 2.05) is 45.0 Å². The highest BCUT2D eigenvalue weighted by molar-refractivity contribution is 7.27. The topological polar surface area (TPSA) is 100 Å². The zero-order valence-electron chi connectivity index (χ0n) is 23.0. The Hall–Kier alpha value is -3.85. The van der Waals surface area contributed by atoms with Crippen molar-refractivity contribution >= 4 is 59.2 Å². The van der Waals surface area contributed by atoms with Crippen LogP contribution in [0.5, 0.6) is 5.75 Å². The maximum Gasteiger partial charge on any atom is 0.265 e. The Bertz CT molecular complexity index is 2040. The van der Waals surface area contributed by atoms with E-state index in [-0.39, 0.29) is 17.5 Å². The van der Waals surface area contributed by atoms with Crippen molar-refractivity contribution in [1.82, 2.24) is 24.1 Å². The lowest BCUT2D eigenvalue weighted by Crippen LogP contribution is -2.21.